The van der Waals surface area contributed by atoms with Crippen LogP contribution < -0.4 is 0 Å². The van der Waals surface area contributed by atoms with Crippen LogP contribution in [0, 0.1) is 0 Å². The van der Waals surface area contributed by atoms with Gasteiger partial charge in [-0.1, -0.05) is 25.4 Å². The molecule has 2 aromatic rings. The van der Waals surface area contributed by atoms with Gasteiger partial charge in [-0.3, -0.25) is 0 Å². The average Bonchev–Trinajstić information content (AvgIpc) is 2.57. The van der Waals surface area contributed by atoms with Gasteiger partial charge in [-0.2, -0.15) is 0 Å². The van der Waals surface area contributed by atoms with Gasteiger partial charge in [0.15, 0.2) is 0 Å². The molecule has 0 saturated heterocycles. The first kappa shape index (κ1) is 11.4. The lowest BCUT2D eigenvalue weighted by Crippen LogP contribution is -2.08. The van der Waals surface area contributed by atoms with E-state index in [9.17, 15) is 0 Å². The number of aliphatic hydroxyl groups is 1. The molecule has 1 aromatic carbocycles. The van der Waals surface area contributed by atoms with Crippen LogP contribution in [0.2, 0.25) is 5.02 Å². The molecule has 0 saturated carbocycles. The van der Waals surface area contributed by atoms with E-state index < -0.39 is 0 Å². The summed E-state index contributed by atoms with van der Waals surface area (Å²) >= 11 is 5.94. The number of halogens is 1. The van der Waals surface area contributed by atoms with Crippen molar-refractivity contribution in [3.8, 4) is 0 Å². The molecule has 0 aliphatic rings. The van der Waals surface area contributed by atoms with Crippen LogP contribution in [0.5, 0.6) is 0 Å². The summed E-state index contributed by atoms with van der Waals surface area (Å²) in [7, 11) is 0. The van der Waals surface area contributed by atoms with Crippen molar-refractivity contribution in [2.75, 3.05) is 6.61 Å². The predicted molar refractivity (Wildman–Crippen MR) is 65.9 cm³/mol. The fourth-order valence-electron chi connectivity index (χ4n) is 1.90. The predicted octanol–water partition coefficient (Wildman–Crippen LogP) is 2.81. The maximum atomic E-state index is 9.08. The molecule has 4 heteroatoms. The number of aromatic nitrogens is 2. The maximum Gasteiger partial charge on any atom is 0.112 e. The molecule has 86 valence electrons. The Morgan fingerprint density at radius 3 is 2.81 bits per heavy atom. The molecule has 2 rings (SSSR count). The van der Waals surface area contributed by atoms with E-state index in [1.54, 1.807) is 0 Å². The molecule has 0 aliphatic carbocycles. The van der Waals surface area contributed by atoms with Gasteiger partial charge in [0.2, 0.25) is 0 Å². The number of imidazole rings is 1. The number of hydrogen-bond acceptors (Lipinski definition) is 2. The largest absolute Gasteiger partial charge is 0.395 e. The van der Waals surface area contributed by atoms with Crippen LogP contribution >= 0.6 is 11.6 Å². The lowest BCUT2D eigenvalue weighted by Gasteiger charge is -2.09. The Morgan fingerprint density at radius 2 is 2.19 bits per heavy atom. The van der Waals surface area contributed by atoms with E-state index in [-0.39, 0.29) is 6.61 Å². The summed E-state index contributed by atoms with van der Waals surface area (Å²) in [6.07, 6.45) is 0. The average molecular weight is 239 g/mol. The van der Waals surface area contributed by atoms with Gasteiger partial charge >= 0.3 is 0 Å². The van der Waals surface area contributed by atoms with Gasteiger partial charge in [0, 0.05) is 17.5 Å². The Bertz CT molecular complexity index is 505. The van der Waals surface area contributed by atoms with Crippen LogP contribution in [-0.2, 0) is 6.54 Å². The second-order valence-corrected chi connectivity index (χ2v) is 4.57. The van der Waals surface area contributed by atoms with Crippen molar-refractivity contribution >= 4 is 22.6 Å². The maximum absolute atomic E-state index is 9.08. The van der Waals surface area contributed by atoms with Crippen LogP contribution in [0.25, 0.3) is 11.0 Å². The van der Waals surface area contributed by atoms with Crippen molar-refractivity contribution in [2.24, 2.45) is 0 Å². The number of aliphatic hydroxyl groups excluding tert-OH is 1. The summed E-state index contributed by atoms with van der Waals surface area (Å²) in [4.78, 5) is 4.56. The highest BCUT2D eigenvalue weighted by molar-refractivity contribution is 6.31. The third-order valence-corrected chi connectivity index (χ3v) is 2.81. The molecule has 0 bridgehead atoms. The molecule has 0 spiro atoms. The van der Waals surface area contributed by atoms with Crippen molar-refractivity contribution in [1.82, 2.24) is 9.55 Å². The molecule has 16 heavy (non-hydrogen) atoms. The molecular formula is C12H15ClN2O. The minimum Gasteiger partial charge on any atom is -0.395 e. The number of rotatable bonds is 3. The van der Waals surface area contributed by atoms with Crippen LogP contribution in [0.1, 0.15) is 25.6 Å². The molecule has 0 atom stereocenters. The van der Waals surface area contributed by atoms with Gasteiger partial charge in [-0.05, 0) is 18.2 Å². The second-order valence-electron chi connectivity index (χ2n) is 4.13. The van der Waals surface area contributed by atoms with Gasteiger partial charge in [-0.15, -0.1) is 0 Å². The molecule has 0 aliphatic heterocycles. The SMILES string of the molecule is CC(C)c1nc2cc(Cl)ccc2n1CCO. The Labute approximate surface area is 99.7 Å². The van der Waals surface area contributed by atoms with E-state index in [1.807, 2.05) is 18.2 Å². The third kappa shape index (κ3) is 1.93. The molecule has 1 aromatic heterocycles. The van der Waals surface area contributed by atoms with E-state index in [1.165, 1.54) is 0 Å². The molecule has 0 unspecified atom stereocenters. The van der Waals surface area contributed by atoms with Crippen molar-refractivity contribution in [3.05, 3.63) is 29.0 Å². The summed E-state index contributed by atoms with van der Waals surface area (Å²) in [6, 6.07) is 5.66. The molecular weight excluding hydrogens is 224 g/mol. The van der Waals surface area contributed by atoms with Gasteiger partial charge < -0.3 is 9.67 Å². The fraction of sp³-hybridized carbons (Fsp3) is 0.417. The minimum atomic E-state index is 0.119. The van der Waals surface area contributed by atoms with Crippen molar-refractivity contribution in [3.63, 3.8) is 0 Å². The van der Waals surface area contributed by atoms with E-state index in [4.69, 9.17) is 16.7 Å². The molecule has 3 nitrogen and oxygen atoms in total. The Morgan fingerprint density at radius 1 is 1.44 bits per heavy atom. The van der Waals surface area contributed by atoms with E-state index in [2.05, 4.69) is 23.4 Å². The first-order valence-electron chi connectivity index (χ1n) is 5.40. The van der Waals surface area contributed by atoms with Crippen LogP contribution in [0.4, 0.5) is 0 Å². The normalized spacial score (nSPS) is 11.6. The topological polar surface area (TPSA) is 38.0 Å². The van der Waals surface area contributed by atoms with Crippen molar-refractivity contribution < 1.29 is 5.11 Å². The van der Waals surface area contributed by atoms with Crippen LogP contribution in [0.3, 0.4) is 0 Å². The summed E-state index contributed by atoms with van der Waals surface area (Å²) in [6.45, 7) is 4.88. The number of benzene rings is 1. The van der Waals surface area contributed by atoms with Gasteiger partial charge in [0.25, 0.3) is 0 Å². The number of nitrogens with zero attached hydrogens (tertiary/aromatic N) is 2. The van der Waals surface area contributed by atoms with E-state index in [0.717, 1.165) is 16.9 Å². The zero-order chi connectivity index (χ0) is 11.7. The molecule has 1 heterocycles. The smallest absolute Gasteiger partial charge is 0.112 e. The Hall–Kier alpha value is -1.06. The summed E-state index contributed by atoms with van der Waals surface area (Å²) in [5.74, 6) is 1.32. The fourth-order valence-corrected chi connectivity index (χ4v) is 2.06. The number of hydrogen-bond donors (Lipinski definition) is 1. The number of fused-ring (bicyclic) bond motifs is 1. The molecule has 0 radical (unpaired) electrons. The first-order valence-corrected chi connectivity index (χ1v) is 5.78. The quantitative estimate of drug-likeness (QED) is 0.893. The van der Waals surface area contributed by atoms with Crippen molar-refractivity contribution in [2.45, 2.75) is 26.3 Å². The zero-order valence-electron chi connectivity index (χ0n) is 9.44. The molecule has 0 fully saturated rings. The minimum absolute atomic E-state index is 0.119. The third-order valence-electron chi connectivity index (χ3n) is 2.58. The van der Waals surface area contributed by atoms with Gasteiger partial charge in [0.05, 0.1) is 17.6 Å². The zero-order valence-corrected chi connectivity index (χ0v) is 10.2. The highest BCUT2D eigenvalue weighted by atomic mass is 35.5. The lowest BCUT2D eigenvalue weighted by atomic mass is 10.2. The van der Waals surface area contributed by atoms with E-state index in [0.29, 0.717) is 17.5 Å². The monoisotopic (exact) mass is 238 g/mol. The highest BCUT2D eigenvalue weighted by Crippen LogP contribution is 2.24. The first-order chi connectivity index (χ1) is 7.63. The summed E-state index contributed by atoms with van der Waals surface area (Å²) in [5, 5.41) is 9.77. The van der Waals surface area contributed by atoms with Gasteiger partial charge in [-0.25, -0.2) is 4.98 Å². The molecule has 1 N–H and O–H groups in total. The van der Waals surface area contributed by atoms with Crippen molar-refractivity contribution in [1.29, 1.82) is 0 Å². The lowest BCUT2D eigenvalue weighted by molar-refractivity contribution is 0.275. The van der Waals surface area contributed by atoms with Gasteiger partial charge in [0.1, 0.15) is 5.82 Å². The highest BCUT2D eigenvalue weighted by Gasteiger charge is 2.13. The summed E-state index contributed by atoms with van der Waals surface area (Å²) in [5.41, 5.74) is 1.92. The van der Waals surface area contributed by atoms with Crippen LogP contribution in [-0.4, -0.2) is 21.3 Å². The molecule has 0 amide bonds. The Balaban J connectivity index is 2.65. The standard InChI is InChI=1S/C12H15ClN2O/c1-8(2)12-14-10-7-9(13)3-4-11(10)15(12)5-6-16/h3-4,7-8,16H,5-6H2,1-2H3. The van der Waals surface area contributed by atoms with Crippen LogP contribution in [0.15, 0.2) is 18.2 Å². The second kappa shape index (κ2) is 4.44. The van der Waals surface area contributed by atoms with E-state index >= 15 is 0 Å². The summed E-state index contributed by atoms with van der Waals surface area (Å²) < 4.78 is 2.05. The Kier molecular flexibility index (Phi) is 3.17.